The van der Waals surface area contributed by atoms with E-state index in [1.807, 2.05) is 124 Å². The molecular weight excluding hydrogens is 1370 g/mol. The average molecular weight is 1480 g/mol. The maximum absolute atomic E-state index is 9.08. The summed E-state index contributed by atoms with van der Waals surface area (Å²) in [4.78, 5) is 20.4. The van der Waals surface area contributed by atoms with Crippen LogP contribution >= 0.6 is 0 Å². The van der Waals surface area contributed by atoms with E-state index in [0.717, 1.165) is 93.7 Å². The average Bonchev–Trinajstić information content (AvgIpc) is 1.61. The number of piperidine rings is 1. The van der Waals surface area contributed by atoms with E-state index in [2.05, 4.69) is 283 Å². The van der Waals surface area contributed by atoms with Crippen LogP contribution in [0.5, 0.6) is 0 Å². The molecule has 2 fully saturated rings. The SMILES string of the molecule is C(C=[N+]1CCCCC1)=C(c1ccc(-c2ccncc2)cc1)c1ccc(-c2ccncc2)cc1.CC[N+](=CC=C(c1ccnc(C)c1)c1ccnc(C)c1)CC.Cn1cc(C(=CC=[N+]2CCOCC2)c2cn(C)c3ccccc23)c2ccccc21.[C-]#[N+]c1ccc(/C(=C/C=[N+](CCCC)CCCC)c2ccc(C#N)cc2)cc1. The predicted molar refractivity (Wildman–Crippen MR) is 465 cm³/mol. The van der Waals surface area contributed by atoms with Gasteiger partial charge in [0.2, 0.25) is 0 Å². The number of benzene rings is 6. The Morgan fingerprint density at radius 1 is 0.473 bits per heavy atom. The Kier molecular flexibility index (Phi) is 30.2. The van der Waals surface area contributed by atoms with Crippen molar-refractivity contribution in [1.29, 1.82) is 5.26 Å². The number of nitriles is 1. The molecule has 0 saturated carbocycles. The quantitative estimate of drug-likeness (QED) is 0.0380. The summed E-state index contributed by atoms with van der Waals surface area (Å²) in [6.45, 7) is 29.9. The van der Waals surface area contributed by atoms with Crippen LogP contribution in [0, 0.1) is 31.8 Å². The van der Waals surface area contributed by atoms with Gasteiger partial charge in [0.05, 0.1) is 18.2 Å². The number of unbranched alkanes of at least 4 members (excludes halogenated alkanes) is 2. The molecule has 14 rings (SSSR count). The molecule has 6 aromatic heterocycles. The number of morpholine rings is 1. The molecule has 8 heterocycles. The first-order valence-electron chi connectivity index (χ1n) is 39.6. The summed E-state index contributed by atoms with van der Waals surface area (Å²) in [5.41, 5.74) is 24.9. The Morgan fingerprint density at radius 2 is 0.884 bits per heavy atom. The number of allylic oxidation sites excluding steroid dienone is 4. The number of aromatic nitrogens is 6. The molecule has 0 atom stereocenters. The summed E-state index contributed by atoms with van der Waals surface area (Å²) in [5, 5.41) is 11.6. The van der Waals surface area contributed by atoms with Gasteiger partial charge in [0, 0.05) is 158 Å². The molecule has 13 heteroatoms. The summed E-state index contributed by atoms with van der Waals surface area (Å²) in [5.74, 6) is 0. The third kappa shape index (κ3) is 22.4. The number of pyridine rings is 4. The highest BCUT2D eigenvalue weighted by atomic mass is 16.5. The van der Waals surface area contributed by atoms with Gasteiger partial charge in [-0.3, -0.25) is 19.9 Å². The van der Waals surface area contributed by atoms with Crippen LogP contribution in [-0.4, -0.2) is 138 Å². The minimum Gasteiger partial charge on any atom is -0.368 e. The zero-order valence-corrected chi connectivity index (χ0v) is 66.5. The van der Waals surface area contributed by atoms with Crippen molar-refractivity contribution in [1.82, 2.24) is 29.1 Å². The molecule has 112 heavy (non-hydrogen) atoms. The molecule has 2 saturated heterocycles. The summed E-state index contributed by atoms with van der Waals surface area (Å²) >= 11 is 0. The van der Waals surface area contributed by atoms with E-state index in [9.17, 15) is 0 Å². The fraction of sp³-hybridized carbons (Fsp3) is 0.253. The Hall–Kier alpha value is -12.4. The maximum Gasteiger partial charge on any atom is 0.187 e. The zero-order chi connectivity index (χ0) is 78.2. The van der Waals surface area contributed by atoms with Gasteiger partial charge in [-0.25, -0.2) is 23.1 Å². The lowest BCUT2D eigenvalue weighted by atomic mass is 9.94. The Labute approximate surface area is 663 Å². The van der Waals surface area contributed by atoms with E-state index in [0.29, 0.717) is 11.3 Å². The highest BCUT2D eigenvalue weighted by Crippen LogP contribution is 2.36. The van der Waals surface area contributed by atoms with Gasteiger partial charge in [-0.1, -0.05) is 148 Å². The lowest BCUT2D eigenvalue weighted by molar-refractivity contribution is -0.544. The molecule has 0 N–H and O–H groups in total. The van der Waals surface area contributed by atoms with Crippen LogP contribution in [0.2, 0.25) is 0 Å². The minimum atomic E-state index is 0.638. The molecule has 6 aromatic carbocycles. The molecule has 12 aromatic rings. The van der Waals surface area contributed by atoms with E-state index < -0.39 is 0 Å². The molecule has 0 amide bonds. The van der Waals surface area contributed by atoms with E-state index in [1.54, 1.807) is 0 Å². The third-order valence-electron chi connectivity index (χ3n) is 20.5. The van der Waals surface area contributed by atoms with Crippen molar-refractivity contribution in [3.8, 4) is 28.3 Å². The van der Waals surface area contributed by atoms with E-state index in [4.69, 9.17) is 16.6 Å². The van der Waals surface area contributed by atoms with Gasteiger partial charge < -0.3 is 13.9 Å². The molecule has 564 valence electrons. The van der Waals surface area contributed by atoms with Gasteiger partial charge in [-0.15, -0.1) is 0 Å². The smallest absolute Gasteiger partial charge is 0.187 e. The Balaban J connectivity index is 0.000000149. The Morgan fingerprint density at radius 3 is 1.33 bits per heavy atom. The summed E-state index contributed by atoms with van der Waals surface area (Å²) < 4.78 is 19.4. The molecule has 0 aliphatic carbocycles. The number of rotatable bonds is 22. The van der Waals surface area contributed by atoms with Gasteiger partial charge >= 0.3 is 0 Å². The predicted octanol–water partition coefficient (Wildman–Crippen LogP) is 20.6. The molecule has 0 radical (unpaired) electrons. The van der Waals surface area contributed by atoms with E-state index in [-0.39, 0.29) is 0 Å². The molecule has 2 aliphatic heterocycles. The number of fused-ring (bicyclic) bond motifs is 2. The van der Waals surface area contributed by atoms with Crippen LogP contribution in [0.15, 0.2) is 268 Å². The summed E-state index contributed by atoms with van der Waals surface area (Å²) in [7, 11) is 4.25. The maximum atomic E-state index is 9.08. The second-order valence-corrected chi connectivity index (χ2v) is 28.3. The molecule has 0 spiro atoms. The van der Waals surface area contributed by atoms with Crippen LogP contribution in [-0.2, 0) is 18.8 Å². The number of para-hydroxylation sites is 2. The van der Waals surface area contributed by atoms with Crippen LogP contribution in [0.3, 0.4) is 0 Å². The van der Waals surface area contributed by atoms with Crippen molar-refractivity contribution in [3.63, 3.8) is 0 Å². The first-order valence-corrected chi connectivity index (χ1v) is 39.6. The van der Waals surface area contributed by atoms with Crippen LogP contribution < -0.4 is 0 Å². The lowest BCUT2D eigenvalue weighted by Crippen LogP contribution is -2.28. The Bertz CT molecular complexity index is 5120. The zero-order valence-electron chi connectivity index (χ0n) is 66.5. The van der Waals surface area contributed by atoms with E-state index >= 15 is 0 Å². The molecule has 0 bridgehead atoms. The lowest BCUT2D eigenvalue weighted by Gasteiger charge is -2.12. The van der Waals surface area contributed by atoms with Crippen LogP contribution in [0.1, 0.15) is 134 Å². The second-order valence-electron chi connectivity index (χ2n) is 28.3. The molecular formula is C99H106N12O+4. The van der Waals surface area contributed by atoms with Crippen molar-refractivity contribution in [2.24, 2.45) is 14.1 Å². The van der Waals surface area contributed by atoms with Gasteiger partial charge in [0.15, 0.2) is 43.6 Å². The molecule has 0 unspecified atom stereocenters. The molecule has 2 aliphatic rings. The number of nitrogens with zero attached hydrogens (tertiary/aromatic N) is 12. The summed E-state index contributed by atoms with van der Waals surface area (Å²) in [6.07, 6.45) is 42.0. The van der Waals surface area contributed by atoms with Crippen molar-refractivity contribution in [2.75, 3.05) is 65.6 Å². The van der Waals surface area contributed by atoms with Crippen LogP contribution in [0.25, 0.3) is 71.2 Å². The van der Waals surface area contributed by atoms with Crippen molar-refractivity contribution < 1.29 is 23.0 Å². The number of hydrogen-bond acceptors (Lipinski definition) is 6. The van der Waals surface area contributed by atoms with Gasteiger partial charge in [0.25, 0.3) is 0 Å². The van der Waals surface area contributed by atoms with Crippen molar-refractivity contribution >= 4 is 74.6 Å². The van der Waals surface area contributed by atoms with Gasteiger partial charge in [-0.05, 0) is 185 Å². The fourth-order valence-corrected chi connectivity index (χ4v) is 14.1. The first kappa shape index (κ1) is 80.6. The van der Waals surface area contributed by atoms with Crippen LogP contribution in [0.4, 0.5) is 5.69 Å². The normalized spacial score (nSPS) is 12.4. The number of hydrogen-bond donors (Lipinski definition) is 0. The van der Waals surface area contributed by atoms with Gasteiger partial charge in [-0.2, -0.15) is 5.26 Å². The standard InChI is InChI=1S/C30H28N3.C25H26N3O.C25H28N3.C19H24N3/c1-2-21-33(22-3-1)23-16-30(28-8-4-24(5-9-28)26-12-17-31-18-13-26)29-10-6-25(7-11-29)27-14-19-32-20-15-27;1-26-17-22(20-7-3-5-9-24(20)26)19(11-12-28-13-15-29-16-14-28)23-18-27(2)25-10-6-4-8-21(23)25;1-4-6-17-28(18-7-5-2)19-16-25(22-10-8-21(20-26)9-11-22)23-12-14-24(27-3)15-13-23;1-5-22(6-2)12-9-19(17-7-10-20-15(3)13-17)18-8-11-21-16(4)14-18/h4-20,23H,1-3,21-22H2;3-12,17-18H,13-16H2,1-2H3;8-16,19H,4-7,17-18H2,1-2H3;7-14H,5-6H2,1-4H3/q4*+1/b;;25-16+;. The largest absolute Gasteiger partial charge is 0.368 e. The van der Waals surface area contributed by atoms with Crippen molar-refractivity contribution in [2.45, 2.75) is 86.5 Å². The second kappa shape index (κ2) is 42.0. The van der Waals surface area contributed by atoms with E-state index in [1.165, 1.54) is 139 Å². The fourth-order valence-electron chi connectivity index (χ4n) is 14.1. The third-order valence-corrected chi connectivity index (χ3v) is 20.5. The minimum absolute atomic E-state index is 0.638. The van der Waals surface area contributed by atoms with Gasteiger partial charge in [0.1, 0.15) is 52.5 Å². The number of ether oxygens (including phenoxy) is 1. The topological polar surface area (TPSA) is 111 Å². The highest BCUT2D eigenvalue weighted by Gasteiger charge is 2.20. The van der Waals surface area contributed by atoms with Crippen molar-refractivity contribution in [3.05, 3.63) is 341 Å². The first-order chi connectivity index (χ1) is 54.9. The molecule has 13 nitrogen and oxygen atoms in total. The highest BCUT2D eigenvalue weighted by molar-refractivity contribution is 6.06. The summed E-state index contributed by atoms with van der Waals surface area (Å²) in [6, 6.07) is 69.1. The number of aryl methyl sites for hydroxylation is 4. The monoisotopic (exact) mass is 1480 g/mol.